The average Bonchev–Trinajstić information content (AvgIpc) is 2.51. The molecule has 2 N–H and O–H groups in total. The predicted octanol–water partition coefficient (Wildman–Crippen LogP) is 3.12. The molecule has 1 unspecified atom stereocenters. The number of benzene rings is 2. The second kappa shape index (κ2) is 7.70. The van der Waals surface area contributed by atoms with Gasteiger partial charge in [0.1, 0.15) is 11.9 Å². The maximum absolute atomic E-state index is 13.4. The second-order valence-electron chi connectivity index (χ2n) is 5.33. The number of carbonyl (C=O) groups excluding carboxylic acids is 1. The van der Waals surface area contributed by atoms with Gasteiger partial charge in [0.05, 0.1) is 5.75 Å². The van der Waals surface area contributed by atoms with Crippen LogP contribution in [0.15, 0.2) is 42.5 Å². The van der Waals surface area contributed by atoms with Crippen molar-refractivity contribution in [3.63, 3.8) is 0 Å². The van der Waals surface area contributed by atoms with Crippen molar-refractivity contribution in [2.45, 2.75) is 11.8 Å². The molecule has 0 aliphatic rings. The zero-order valence-electron chi connectivity index (χ0n) is 13.1. The van der Waals surface area contributed by atoms with Crippen LogP contribution in [0.4, 0.5) is 4.39 Å². The molecule has 2 rings (SSSR count). The first-order valence-electron chi connectivity index (χ1n) is 7.07. The lowest BCUT2D eigenvalue weighted by Crippen LogP contribution is -2.39. The van der Waals surface area contributed by atoms with Crippen LogP contribution in [0, 0.1) is 5.82 Å². The number of hydrogen-bond acceptors (Lipinski definition) is 3. The first-order valence-corrected chi connectivity index (χ1v) is 9.43. The fourth-order valence-electron chi connectivity index (χ4n) is 2.35. The van der Waals surface area contributed by atoms with E-state index in [9.17, 15) is 17.6 Å². The van der Waals surface area contributed by atoms with Crippen molar-refractivity contribution >= 4 is 39.1 Å². The van der Waals surface area contributed by atoms with Crippen molar-refractivity contribution in [2.75, 3.05) is 7.05 Å². The Kier molecular flexibility index (Phi) is 6.05. The predicted molar refractivity (Wildman–Crippen MR) is 95.2 cm³/mol. The third kappa shape index (κ3) is 4.49. The molecule has 0 fully saturated rings. The molecular formula is C16H15Cl2FN2O3S. The molecule has 2 aromatic carbocycles. The zero-order valence-corrected chi connectivity index (χ0v) is 15.4. The Labute approximate surface area is 155 Å². The first kappa shape index (κ1) is 19.7. The first-order chi connectivity index (χ1) is 11.6. The number of nitrogens with zero attached hydrogens (tertiary/aromatic N) is 1. The highest BCUT2D eigenvalue weighted by Crippen LogP contribution is 2.30. The third-order valence-corrected chi connectivity index (χ3v) is 6.07. The number of halogens is 3. The lowest BCUT2D eigenvalue weighted by Gasteiger charge is -2.25. The minimum absolute atomic E-state index is 0.129. The molecule has 1 atom stereocenters. The molecule has 1 amide bonds. The van der Waals surface area contributed by atoms with Crippen LogP contribution in [-0.2, 0) is 20.6 Å². The van der Waals surface area contributed by atoms with Crippen molar-refractivity contribution in [3.05, 3.63) is 69.5 Å². The number of sulfonamides is 1. The highest BCUT2D eigenvalue weighted by molar-refractivity contribution is 7.88. The van der Waals surface area contributed by atoms with Gasteiger partial charge in [-0.2, -0.15) is 4.31 Å². The number of likely N-dealkylation sites (N-methyl/N-ethyl adjacent to an activating group) is 1. The molecule has 0 spiro atoms. The van der Waals surface area contributed by atoms with Crippen LogP contribution in [0.25, 0.3) is 0 Å². The Morgan fingerprint density at radius 2 is 1.76 bits per heavy atom. The van der Waals surface area contributed by atoms with E-state index in [1.165, 1.54) is 37.4 Å². The quantitative estimate of drug-likeness (QED) is 0.802. The fourth-order valence-corrected chi connectivity index (χ4v) is 4.46. The van der Waals surface area contributed by atoms with Gasteiger partial charge in [-0.25, -0.2) is 12.8 Å². The largest absolute Gasteiger partial charge is 0.368 e. The lowest BCUT2D eigenvalue weighted by molar-refractivity contribution is -0.121. The minimum Gasteiger partial charge on any atom is -0.368 e. The summed E-state index contributed by atoms with van der Waals surface area (Å²) in [6.07, 6.45) is 0. The van der Waals surface area contributed by atoms with Gasteiger partial charge in [-0.05, 0) is 29.8 Å². The lowest BCUT2D eigenvalue weighted by atomic mass is 10.1. The Hall–Kier alpha value is -1.67. The molecule has 0 radical (unpaired) electrons. The van der Waals surface area contributed by atoms with Crippen LogP contribution in [0.2, 0.25) is 10.0 Å². The zero-order chi connectivity index (χ0) is 18.8. The normalized spacial score (nSPS) is 13.0. The van der Waals surface area contributed by atoms with Gasteiger partial charge >= 0.3 is 0 Å². The van der Waals surface area contributed by atoms with E-state index in [2.05, 4.69) is 0 Å². The van der Waals surface area contributed by atoms with Crippen LogP contribution >= 0.6 is 23.2 Å². The molecule has 5 nitrogen and oxygen atoms in total. The van der Waals surface area contributed by atoms with Crippen molar-refractivity contribution in [1.29, 1.82) is 0 Å². The van der Waals surface area contributed by atoms with Gasteiger partial charge < -0.3 is 5.73 Å². The molecule has 0 aliphatic heterocycles. The number of nitrogens with two attached hydrogens (primary N) is 1. The summed E-state index contributed by atoms with van der Waals surface area (Å²) in [5.74, 6) is -2.06. The van der Waals surface area contributed by atoms with Crippen molar-refractivity contribution in [2.24, 2.45) is 5.73 Å². The molecule has 0 aliphatic carbocycles. The number of hydrogen-bond donors (Lipinski definition) is 1. The number of amides is 1. The molecule has 0 saturated heterocycles. The summed E-state index contributed by atoms with van der Waals surface area (Å²) in [6.45, 7) is 0. The van der Waals surface area contributed by atoms with Crippen molar-refractivity contribution in [3.8, 4) is 0 Å². The summed E-state index contributed by atoms with van der Waals surface area (Å²) in [6, 6.07) is 8.28. The highest BCUT2D eigenvalue weighted by Gasteiger charge is 2.32. The molecule has 134 valence electrons. The number of carbonyl (C=O) groups is 1. The summed E-state index contributed by atoms with van der Waals surface area (Å²) >= 11 is 12.0. The SMILES string of the molecule is CN(C(C(N)=O)c1cccc(F)c1)S(=O)(=O)Cc1c(Cl)cccc1Cl. The van der Waals surface area contributed by atoms with Crippen LogP contribution < -0.4 is 5.73 Å². The molecule has 0 bridgehead atoms. The van der Waals surface area contributed by atoms with Gasteiger partial charge in [-0.1, -0.05) is 41.4 Å². The smallest absolute Gasteiger partial charge is 0.240 e. The van der Waals surface area contributed by atoms with Gasteiger partial charge in [0.15, 0.2) is 0 Å². The third-order valence-electron chi connectivity index (χ3n) is 3.62. The standard InChI is InChI=1S/C16H15Cl2FN2O3S/c1-21(15(16(20)22)10-4-2-5-11(19)8-10)25(23,24)9-12-13(17)6-3-7-14(12)18/h2-8,15H,9H2,1H3,(H2,20,22). The molecule has 0 heterocycles. The highest BCUT2D eigenvalue weighted by atomic mass is 35.5. The average molecular weight is 405 g/mol. The molecular weight excluding hydrogens is 390 g/mol. The van der Waals surface area contributed by atoms with Crippen LogP contribution in [-0.4, -0.2) is 25.7 Å². The van der Waals surface area contributed by atoms with Gasteiger partial charge in [0.25, 0.3) is 0 Å². The van der Waals surface area contributed by atoms with E-state index in [1.54, 1.807) is 6.07 Å². The van der Waals surface area contributed by atoms with E-state index in [1.807, 2.05) is 0 Å². The summed E-state index contributed by atoms with van der Waals surface area (Å²) in [5, 5.41) is 0.372. The van der Waals surface area contributed by atoms with E-state index in [4.69, 9.17) is 28.9 Å². The Bertz CT molecular complexity index is 886. The molecule has 25 heavy (non-hydrogen) atoms. The maximum Gasteiger partial charge on any atom is 0.240 e. The summed E-state index contributed by atoms with van der Waals surface area (Å²) < 4.78 is 39.7. The van der Waals surface area contributed by atoms with E-state index in [0.29, 0.717) is 0 Å². The van der Waals surface area contributed by atoms with Crippen LogP contribution in [0.1, 0.15) is 17.2 Å². The Balaban J connectivity index is 2.41. The summed E-state index contributed by atoms with van der Waals surface area (Å²) in [7, 11) is -2.83. The molecule has 0 aromatic heterocycles. The van der Waals surface area contributed by atoms with Gasteiger partial charge in [0.2, 0.25) is 15.9 Å². The van der Waals surface area contributed by atoms with Gasteiger partial charge in [0, 0.05) is 22.7 Å². The van der Waals surface area contributed by atoms with E-state index < -0.39 is 33.5 Å². The Morgan fingerprint density at radius 3 is 2.28 bits per heavy atom. The molecule has 9 heteroatoms. The fraction of sp³-hybridized carbons (Fsp3) is 0.188. The van der Waals surface area contributed by atoms with Crippen LogP contribution in [0.5, 0.6) is 0 Å². The van der Waals surface area contributed by atoms with Crippen molar-refractivity contribution < 1.29 is 17.6 Å². The monoisotopic (exact) mass is 404 g/mol. The summed E-state index contributed by atoms with van der Waals surface area (Å²) in [4.78, 5) is 11.8. The maximum atomic E-state index is 13.4. The number of primary amides is 1. The van der Waals surface area contributed by atoms with Gasteiger partial charge in [-0.3, -0.25) is 4.79 Å². The summed E-state index contributed by atoms with van der Waals surface area (Å²) in [5.41, 5.74) is 5.69. The second-order valence-corrected chi connectivity index (χ2v) is 8.18. The van der Waals surface area contributed by atoms with E-state index in [-0.39, 0.29) is 21.2 Å². The van der Waals surface area contributed by atoms with E-state index in [0.717, 1.165) is 10.4 Å². The van der Waals surface area contributed by atoms with Gasteiger partial charge in [-0.15, -0.1) is 0 Å². The molecule has 0 saturated carbocycles. The topological polar surface area (TPSA) is 80.5 Å². The number of rotatable bonds is 6. The van der Waals surface area contributed by atoms with E-state index >= 15 is 0 Å². The van der Waals surface area contributed by atoms with Crippen LogP contribution in [0.3, 0.4) is 0 Å². The Morgan fingerprint density at radius 1 is 1.20 bits per heavy atom. The molecule has 2 aromatic rings. The van der Waals surface area contributed by atoms with Crippen molar-refractivity contribution in [1.82, 2.24) is 4.31 Å². The minimum atomic E-state index is -4.02.